The highest BCUT2D eigenvalue weighted by Crippen LogP contribution is 2.32. The summed E-state index contributed by atoms with van der Waals surface area (Å²) in [4.78, 5) is 16.1. The molecule has 26 heavy (non-hydrogen) atoms. The second-order valence-corrected chi connectivity index (χ2v) is 6.29. The molecular weight excluding hydrogens is 322 g/mol. The Kier molecular flexibility index (Phi) is 4.48. The van der Waals surface area contributed by atoms with Gasteiger partial charge in [-0.15, -0.1) is 0 Å². The normalized spacial score (nSPS) is 12.2. The average Bonchev–Trinajstić information content (AvgIpc) is 3.11. The maximum atomic E-state index is 12.1. The summed E-state index contributed by atoms with van der Waals surface area (Å²) in [7, 11) is 0. The molecule has 1 heterocycles. The van der Waals surface area contributed by atoms with E-state index in [1.54, 1.807) is 12.4 Å². The summed E-state index contributed by atoms with van der Waals surface area (Å²) in [5.74, 6) is 0. The van der Waals surface area contributed by atoms with Gasteiger partial charge in [0.05, 0.1) is 0 Å². The number of pyridine rings is 1. The minimum Gasteiger partial charge on any atom is -0.334 e. The maximum absolute atomic E-state index is 12.1. The molecule has 2 N–H and O–H groups in total. The van der Waals surface area contributed by atoms with Gasteiger partial charge in [-0.2, -0.15) is 0 Å². The molecule has 3 aromatic rings. The van der Waals surface area contributed by atoms with Crippen molar-refractivity contribution in [3.8, 4) is 0 Å². The predicted molar refractivity (Wildman–Crippen MR) is 105 cm³/mol. The van der Waals surface area contributed by atoms with E-state index >= 15 is 0 Å². The van der Waals surface area contributed by atoms with Gasteiger partial charge in [-0.25, -0.2) is 4.79 Å². The lowest BCUT2D eigenvalue weighted by molar-refractivity contribution is 0.251. The van der Waals surface area contributed by atoms with Gasteiger partial charge in [0.25, 0.3) is 0 Å². The number of allylic oxidation sites excluding steroid dienone is 1. The summed E-state index contributed by atoms with van der Waals surface area (Å²) in [6.07, 6.45) is 6.55. The van der Waals surface area contributed by atoms with Gasteiger partial charge in [0.1, 0.15) is 0 Å². The molecule has 0 aliphatic heterocycles. The Balaban J connectivity index is 1.42. The van der Waals surface area contributed by atoms with Gasteiger partial charge in [-0.1, -0.05) is 42.5 Å². The smallest absolute Gasteiger partial charge is 0.319 e. The molecule has 4 heteroatoms. The Labute approximate surface area is 152 Å². The van der Waals surface area contributed by atoms with Gasteiger partial charge < -0.3 is 10.6 Å². The highest BCUT2D eigenvalue weighted by Gasteiger charge is 2.14. The fraction of sp³-hybridized carbons (Fsp3) is 0.0909. The molecule has 1 aliphatic rings. The van der Waals surface area contributed by atoms with Crippen molar-refractivity contribution >= 4 is 23.4 Å². The number of fused-ring (bicyclic) bond motifs is 1. The van der Waals surface area contributed by atoms with Crippen LogP contribution in [-0.4, -0.2) is 11.0 Å². The summed E-state index contributed by atoms with van der Waals surface area (Å²) >= 11 is 0. The van der Waals surface area contributed by atoms with E-state index in [9.17, 15) is 4.79 Å². The lowest BCUT2D eigenvalue weighted by Crippen LogP contribution is -2.28. The Morgan fingerprint density at radius 2 is 1.81 bits per heavy atom. The first kappa shape index (κ1) is 16.1. The molecule has 1 aromatic heterocycles. The molecule has 0 spiro atoms. The fourth-order valence-electron chi connectivity index (χ4n) is 3.11. The average molecular weight is 341 g/mol. The van der Waals surface area contributed by atoms with Crippen molar-refractivity contribution in [1.29, 1.82) is 0 Å². The third-order valence-corrected chi connectivity index (χ3v) is 4.46. The second-order valence-electron chi connectivity index (χ2n) is 6.29. The first-order valence-electron chi connectivity index (χ1n) is 8.60. The molecule has 128 valence electrons. The summed E-state index contributed by atoms with van der Waals surface area (Å²) in [5, 5.41) is 5.76. The fourth-order valence-corrected chi connectivity index (χ4v) is 3.11. The molecule has 0 unspecified atom stereocenters. The maximum Gasteiger partial charge on any atom is 0.319 e. The van der Waals surface area contributed by atoms with Gasteiger partial charge in [-0.05, 0) is 58.5 Å². The van der Waals surface area contributed by atoms with E-state index in [1.165, 1.54) is 16.7 Å². The molecular formula is C22H19N3O. The SMILES string of the molecule is O=C(NCc1ccncc1)Nc1ccc2c(c1)C=C(c1ccccc1)C2. The highest BCUT2D eigenvalue weighted by atomic mass is 16.2. The monoisotopic (exact) mass is 341 g/mol. The molecule has 0 atom stereocenters. The number of nitrogens with zero attached hydrogens (tertiary/aromatic N) is 1. The van der Waals surface area contributed by atoms with Crippen molar-refractivity contribution < 1.29 is 4.79 Å². The summed E-state index contributed by atoms with van der Waals surface area (Å²) in [6.45, 7) is 0.470. The number of carbonyl (C=O) groups excluding carboxylic acids is 1. The number of rotatable bonds is 4. The molecule has 2 amide bonds. The molecule has 0 radical (unpaired) electrons. The van der Waals surface area contributed by atoms with Crippen LogP contribution >= 0.6 is 0 Å². The number of benzene rings is 2. The predicted octanol–water partition coefficient (Wildman–Crippen LogP) is 4.50. The zero-order valence-corrected chi connectivity index (χ0v) is 14.3. The Morgan fingerprint density at radius 3 is 2.62 bits per heavy atom. The Bertz CT molecular complexity index is 950. The number of nitrogens with one attached hydrogen (secondary N) is 2. The minimum atomic E-state index is -0.216. The minimum absolute atomic E-state index is 0.216. The van der Waals surface area contributed by atoms with E-state index in [1.807, 2.05) is 30.3 Å². The number of carbonyl (C=O) groups is 1. The third-order valence-electron chi connectivity index (χ3n) is 4.46. The molecule has 0 saturated heterocycles. The van der Waals surface area contributed by atoms with E-state index in [0.717, 1.165) is 23.2 Å². The number of hydrogen-bond donors (Lipinski definition) is 2. The lowest BCUT2D eigenvalue weighted by Gasteiger charge is -2.09. The van der Waals surface area contributed by atoms with E-state index in [-0.39, 0.29) is 6.03 Å². The van der Waals surface area contributed by atoms with Gasteiger partial charge in [0, 0.05) is 24.6 Å². The first-order chi connectivity index (χ1) is 12.8. The number of amides is 2. The molecule has 2 aromatic carbocycles. The van der Waals surface area contributed by atoms with Crippen LogP contribution in [0, 0.1) is 0 Å². The largest absolute Gasteiger partial charge is 0.334 e. The van der Waals surface area contributed by atoms with Crippen molar-refractivity contribution in [2.75, 3.05) is 5.32 Å². The van der Waals surface area contributed by atoms with Crippen molar-refractivity contribution in [2.45, 2.75) is 13.0 Å². The molecule has 4 rings (SSSR count). The van der Waals surface area contributed by atoms with Crippen LogP contribution in [0.15, 0.2) is 73.1 Å². The summed E-state index contributed by atoms with van der Waals surface area (Å²) < 4.78 is 0. The van der Waals surface area contributed by atoms with Crippen LogP contribution in [0.3, 0.4) is 0 Å². The third kappa shape index (κ3) is 3.64. The van der Waals surface area contributed by atoms with Crippen molar-refractivity contribution in [3.05, 3.63) is 95.3 Å². The quantitative estimate of drug-likeness (QED) is 0.734. The lowest BCUT2D eigenvalue weighted by atomic mass is 10.0. The topological polar surface area (TPSA) is 54.0 Å². The standard InChI is InChI=1S/C22H19N3O/c26-22(24-15-16-8-10-23-11-9-16)25-21-7-6-18-12-19(13-20(18)14-21)17-4-2-1-3-5-17/h1-11,13-14H,12,15H2,(H2,24,25,26). The van der Waals surface area contributed by atoms with E-state index in [4.69, 9.17) is 0 Å². The molecule has 0 bridgehead atoms. The van der Waals surface area contributed by atoms with Crippen LogP contribution in [-0.2, 0) is 13.0 Å². The van der Waals surface area contributed by atoms with E-state index < -0.39 is 0 Å². The number of anilines is 1. The van der Waals surface area contributed by atoms with Crippen LogP contribution in [0.5, 0.6) is 0 Å². The number of aromatic nitrogens is 1. The molecule has 0 fully saturated rings. The van der Waals surface area contributed by atoms with Crippen LogP contribution in [0.1, 0.15) is 22.3 Å². The van der Waals surface area contributed by atoms with Crippen LogP contribution in [0.2, 0.25) is 0 Å². The van der Waals surface area contributed by atoms with E-state index in [2.05, 4.69) is 52.0 Å². The van der Waals surface area contributed by atoms with Crippen molar-refractivity contribution in [3.63, 3.8) is 0 Å². The Morgan fingerprint density at radius 1 is 1.00 bits per heavy atom. The van der Waals surface area contributed by atoms with E-state index in [0.29, 0.717) is 6.54 Å². The Hall–Kier alpha value is -3.40. The molecule has 1 aliphatic carbocycles. The second kappa shape index (κ2) is 7.23. The van der Waals surface area contributed by atoms with Crippen LogP contribution in [0.4, 0.5) is 10.5 Å². The summed E-state index contributed by atoms with van der Waals surface area (Å²) in [5.41, 5.74) is 6.80. The first-order valence-corrected chi connectivity index (χ1v) is 8.60. The van der Waals surface area contributed by atoms with Gasteiger partial charge >= 0.3 is 6.03 Å². The van der Waals surface area contributed by atoms with Crippen LogP contribution < -0.4 is 10.6 Å². The molecule has 0 saturated carbocycles. The van der Waals surface area contributed by atoms with Gasteiger partial charge in [-0.3, -0.25) is 4.98 Å². The van der Waals surface area contributed by atoms with Crippen LogP contribution in [0.25, 0.3) is 11.6 Å². The molecule has 4 nitrogen and oxygen atoms in total. The zero-order chi connectivity index (χ0) is 17.8. The highest BCUT2D eigenvalue weighted by molar-refractivity contribution is 5.92. The zero-order valence-electron chi connectivity index (χ0n) is 14.3. The number of hydrogen-bond acceptors (Lipinski definition) is 2. The van der Waals surface area contributed by atoms with Crippen molar-refractivity contribution in [2.24, 2.45) is 0 Å². The van der Waals surface area contributed by atoms with Gasteiger partial charge in [0.2, 0.25) is 0 Å². The number of urea groups is 1. The van der Waals surface area contributed by atoms with Crippen molar-refractivity contribution in [1.82, 2.24) is 10.3 Å². The summed E-state index contributed by atoms with van der Waals surface area (Å²) in [6, 6.07) is 20.0. The van der Waals surface area contributed by atoms with Gasteiger partial charge in [0.15, 0.2) is 0 Å².